The zero-order valence-electron chi connectivity index (χ0n) is 26.3. The molecule has 2 fully saturated rings. The minimum atomic E-state index is -3.59. The molecule has 4 aromatic carbocycles. The fraction of sp³-hybridized carbons (Fsp3) is 0.368. The number of likely N-dealkylation sites (tertiary alicyclic amines) is 1. The highest BCUT2D eigenvalue weighted by atomic mass is 32.2. The molecule has 0 aromatic heterocycles. The highest BCUT2D eigenvalue weighted by Crippen LogP contribution is 2.39. The summed E-state index contributed by atoms with van der Waals surface area (Å²) in [7, 11) is -3.59. The molecule has 2 saturated heterocycles. The van der Waals surface area contributed by atoms with E-state index in [9.17, 15) is 13.5 Å². The molecule has 46 heavy (non-hydrogen) atoms. The molecule has 7 nitrogen and oxygen atoms in total. The van der Waals surface area contributed by atoms with Crippen molar-refractivity contribution in [2.24, 2.45) is 0 Å². The Labute approximate surface area is 273 Å². The van der Waals surface area contributed by atoms with Gasteiger partial charge in [-0.1, -0.05) is 104 Å². The van der Waals surface area contributed by atoms with Crippen LogP contribution in [-0.2, 0) is 32.6 Å². The summed E-state index contributed by atoms with van der Waals surface area (Å²) in [4.78, 5) is 2.82. The van der Waals surface area contributed by atoms with Crippen LogP contribution < -0.4 is 4.72 Å². The summed E-state index contributed by atoms with van der Waals surface area (Å²) in [5, 5.41) is 9.53. The maximum atomic E-state index is 12.7. The number of nitrogens with one attached hydrogen (secondary N) is 1. The number of hydrogen-bond donors (Lipinski definition) is 2. The van der Waals surface area contributed by atoms with Gasteiger partial charge in [0.1, 0.15) is 0 Å². The Hall–Kier alpha value is -3.37. The molecular weight excluding hydrogens is 596 g/mol. The molecule has 8 heteroatoms. The molecule has 0 radical (unpaired) electrons. The van der Waals surface area contributed by atoms with E-state index in [4.69, 9.17) is 9.47 Å². The molecule has 242 valence electrons. The lowest BCUT2D eigenvalue weighted by atomic mass is 9.98. The van der Waals surface area contributed by atoms with Crippen molar-refractivity contribution < 1.29 is 23.0 Å². The van der Waals surface area contributed by atoms with Crippen LogP contribution in [0.4, 0.5) is 0 Å². The van der Waals surface area contributed by atoms with Gasteiger partial charge in [-0.25, -0.2) is 13.1 Å². The molecular formula is C38H44N2O5S. The van der Waals surface area contributed by atoms with Gasteiger partial charge in [-0.15, -0.1) is 0 Å². The summed E-state index contributed by atoms with van der Waals surface area (Å²) in [5.41, 5.74) is 5.86. The zero-order valence-corrected chi connectivity index (χ0v) is 27.1. The molecule has 2 aliphatic rings. The fourth-order valence-corrected chi connectivity index (χ4v) is 7.41. The van der Waals surface area contributed by atoms with Crippen molar-refractivity contribution in [2.45, 2.75) is 75.1 Å². The zero-order chi connectivity index (χ0) is 31.8. The normalized spacial score (nSPS) is 21.4. The highest BCUT2D eigenvalue weighted by molar-refractivity contribution is 7.89. The van der Waals surface area contributed by atoms with E-state index in [1.807, 2.05) is 36.4 Å². The molecule has 3 atom stereocenters. The molecule has 2 N–H and O–H groups in total. The third-order valence-corrected chi connectivity index (χ3v) is 10.4. The first kappa shape index (κ1) is 32.6. The third kappa shape index (κ3) is 8.50. The van der Waals surface area contributed by atoms with Crippen molar-refractivity contribution in [1.82, 2.24) is 9.62 Å². The summed E-state index contributed by atoms with van der Waals surface area (Å²) in [6, 6.07) is 32.7. The van der Waals surface area contributed by atoms with Crippen LogP contribution >= 0.6 is 0 Å². The molecule has 2 heterocycles. The second kappa shape index (κ2) is 15.5. The standard InChI is InChI=1S/C38H44N2O5S/c41-28-29-14-16-32(17-15-29)37-25-35(27-40-22-7-2-1-3-8-23-40)44-38(45-37)33-20-18-31(19-21-33)34-11-9-10-30(24-34)26-39-46(42,43)36-12-5-4-6-13-36/h4-6,9-21,24,35,37-39,41H,1-3,7-8,22-23,25-28H2/t35-,37+,38+/m1/s1. The average molecular weight is 641 g/mol. The van der Waals surface area contributed by atoms with Crippen LogP contribution in [0, 0.1) is 0 Å². The first-order valence-corrected chi connectivity index (χ1v) is 17.9. The number of nitrogens with zero attached hydrogens (tertiary/aromatic N) is 1. The lowest BCUT2D eigenvalue weighted by Crippen LogP contribution is -2.40. The third-order valence-electron chi connectivity index (χ3n) is 8.99. The van der Waals surface area contributed by atoms with Gasteiger partial charge in [-0.2, -0.15) is 0 Å². The predicted octanol–water partition coefficient (Wildman–Crippen LogP) is 7.14. The van der Waals surface area contributed by atoms with Crippen molar-refractivity contribution in [1.29, 1.82) is 0 Å². The first-order chi connectivity index (χ1) is 22.5. The van der Waals surface area contributed by atoms with Gasteiger partial charge in [0.15, 0.2) is 6.29 Å². The quantitative estimate of drug-likeness (QED) is 0.192. The van der Waals surface area contributed by atoms with Crippen LogP contribution in [0.2, 0.25) is 0 Å². The van der Waals surface area contributed by atoms with Crippen molar-refractivity contribution in [2.75, 3.05) is 19.6 Å². The molecule has 0 spiro atoms. The molecule has 4 aromatic rings. The molecule has 0 saturated carbocycles. The summed E-state index contributed by atoms with van der Waals surface area (Å²) in [5.74, 6) is 0. The molecule has 0 bridgehead atoms. The van der Waals surface area contributed by atoms with Crippen molar-refractivity contribution in [3.05, 3.63) is 125 Å². The van der Waals surface area contributed by atoms with Crippen molar-refractivity contribution >= 4 is 10.0 Å². The van der Waals surface area contributed by atoms with E-state index in [-0.39, 0.29) is 30.3 Å². The number of aliphatic hydroxyl groups excluding tert-OH is 1. The van der Waals surface area contributed by atoms with E-state index < -0.39 is 16.3 Å². The lowest BCUT2D eigenvalue weighted by Gasteiger charge is -2.38. The minimum absolute atomic E-state index is 0.0215. The maximum absolute atomic E-state index is 12.7. The average Bonchev–Trinajstić information content (AvgIpc) is 3.09. The first-order valence-electron chi connectivity index (χ1n) is 16.4. The van der Waals surface area contributed by atoms with Gasteiger partial charge < -0.3 is 19.5 Å². The number of hydrogen-bond acceptors (Lipinski definition) is 6. The predicted molar refractivity (Wildman–Crippen MR) is 180 cm³/mol. The van der Waals surface area contributed by atoms with Crippen LogP contribution in [-0.4, -0.2) is 44.2 Å². The summed E-state index contributed by atoms with van der Waals surface area (Å²) >= 11 is 0. The molecule has 6 rings (SSSR count). The Balaban J connectivity index is 1.16. The number of ether oxygens (including phenoxy) is 2. The second-order valence-electron chi connectivity index (χ2n) is 12.4. The van der Waals surface area contributed by atoms with E-state index in [1.165, 1.54) is 32.1 Å². The summed E-state index contributed by atoms with van der Waals surface area (Å²) < 4.78 is 41.4. The fourth-order valence-electron chi connectivity index (χ4n) is 6.37. The van der Waals surface area contributed by atoms with E-state index in [2.05, 4.69) is 46.0 Å². The number of rotatable bonds is 10. The Morgan fingerprint density at radius 2 is 1.41 bits per heavy atom. The van der Waals surface area contributed by atoms with E-state index in [0.717, 1.165) is 59.4 Å². The van der Waals surface area contributed by atoms with Gasteiger partial charge in [0.25, 0.3) is 0 Å². The van der Waals surface area contributed by atoms with E-state index >= 15 is 0 Å². The lowest BCUT2D eigenvalue weighted by molar-refractivity contribution is -0.253. The van der Waals surface area contributed by atoms with Gasteiger partial charge in [0, 0.05) is 25.1 Å². The molecule has 0 amide bonds. The number of aliphatic hydroxyl groups is 1. The molecule has 2 aliphatic heterocycles. The Bertz CT molecular complexity index is 1640. The van der Waals surface area contributed by atoms with Gasteiger partial charge in [-0.05, 0) is 71.9 Å². The largest absolute Gasteiger partial charge is 0.392 e. The number of benzene rings is 4. The van der Waals surface area contributed by atoms with Crippen LogP contribution in [0.1, 0.15) is 73.2 Å². The smallest absolute Gasteiger partial charge is 0.240 e. The Morgan fingerprint density at radius 3 is 2.13 bits per heavy atom. The highest BCUT2D eigenvalue weighted by Gasteiger charge is 2.33. The van der Waals surface area contributed by atoms with Crippen LogP contribution in [0.15, 0.2) is 108 Å². The molecule has 0 aliphatic carbocycles. The minimum Gasteiger partial charge on any atom is -0.392 e. The number of sulfonamides is 1. The monoisotopic (exact) mass is 640 g/mol. The van der Waals surface area contributed by atoms with Crippen LogP contribution in [0.5, 0.6) is 0 Å². The molecule has 0 unspecified atom stereocenters. The van der Waals surface area contributed by atoms with Gasteiger partial charge >= 0.3 is 0 Å². The maximum Gasteiger partial charge on any atom is 0.240 e. The SMILES string of the molecule is O=S(=O)(NCc1cccc(-c2ccc([C@H]3O[C@@H](CN4CCCCCCC4)C[C@@H](c4ccc(CO)cc4)O3)cc2)c1)c1ccccc1. The van der Waals surface area contributed by atoms with E-state index in [1.54, 1.807) is 30.3 Å². The van der Waals surface area contributed by atoms with Crippen molar-refractivity contribution in [3.8, 4) is 11.1 Å². The van der Waals surface area contributed by atoms with E-state index in [0.29, 0.717) is 0 Å². The summed E-state index contributed by atoms with van der Waals surface area (Å²) in [6.07, 6.45) is 6.62. The summed E-state index contributed by atoms with van der Waals surface area (Å²) in [6.45, 7) is 3.34. The Kier molecular flexibility index (Phi) is 11.0. The van der Waals surface area contributed by atoms with Gasteiger partial charge in [0.05, 0.1) is 23.7 Å². The van der Waals surface area contributed by atoms with Crippen LogP contribution in [0.3, 0.4) is 0 Å². The van der Waals surface area contributed by atoms with Crippen LogP contribution in [0.25, 0.3) is 11.1 Å². The second-order valence-corrected chi connectivity index (χ2v) is 14.1. The van der Waals surface area contributed by atoms with Gasteiger partial charge in [-0.3, -0.25) is 0 Å². The Morgan fingerprint density at radius 1 is 0.717 bits per heavy atom. The van der Waals surface area contributed by atoms with Gasteiger partial charge in [0.2, 0.25) is 10.0 Å². The topological polar surface area (TPSA) is 88.1 Å². The van der Waals surface area contributed by atoms with Crippen molar-refractivity contribution in [3.63, 3.8) is 0 Å².